The van der Waals surface area contributed by atoms with Gasteiger partial charge in [-0.3, -0.25) is 0 Å². The molecule has 0 radical (unpaired) electrons. The molecule has 1 aliphatic carbocycles. The highest BCUT2D eigenvalue weighted by atomic mass is 16.5. The molecule has 1 saturated heterocycles. The Bertz CT molecular complexity index is 1180. The largest absolute Gasteiger partial charge is 0.493 e. The Morgan fingerprint density at radius 1 is 0.714 bits per heavy atom. The molecular formula is C32H35NO2. The van der Waals surface area contributed by atoms with Crippen LogP contribution < -0.4 is 9.47 Å². The van der Waals surface area contributed by atoms with Gasteiger partial charge in [0.05, 0.1) is 14.2 Å². The maximum atomic E-state index is 5.45. The minimum atomic E-state index is 0.796. The summed E-state index contributed by atoms with van der Waals surface area (Å²) in [5.41, 5.74) is 9.80. The summed E-state index contributed by atoms with van der Waals surface area (Å²) in [5.74, 6) is 1.61. The van der Waals surface area contributed by atoms with Crippen LogP contribution in [0.4, 0.5) is 0 Å². The zero-order chi connectivity index (χ0) is 24.0. The lowest BCUT2D eigenvalue weighted by Crippen LogP contribution is -2.32. The molecule has 0 bridgehead atoms. The molecule has 0 unspecified atom stereocenters. The Hall–Kier alpha value is -3.30. The first kappa shape index (κ1) is 23.4. The molecule has 3 aromatic carbocycles. The Morgan fingerprint density at radius 2 is 1.34 bits per heavy atom. The highest BCUT2D eigenvalue weighted by molar-refractivity contribution is 5.94. The average molecular weight is 466 g/mol. The number of ether oxygens (including phenoxy) is 2. The number of hydrogen-bond donors (Lipinski definition) is 0. The van der Waals surface area contributed by atoms with Gasteiger partial charge in [-0.15, -0.1) is 0 Å². The van der Waals surface area contributed by atoms with Crippen LogP contribution in [0.25, 0.3) is 17.7 Å². The van der Waals surface area contributed by atoms with E-state index in [0.29, 0.717) is 0 Å². The van der Waals surface area contributed by atoms with E-state index in [1.165, 1.54) is 52.8 Å². The molecule has 3 nitrogen and oxygen atoms in total. The molecule has 2 aliphatic rings. The van der Waals surface area contributed by atoms with E-state index in [1.54, 1.807) is 19.8 Å². The van der Waals surface area contributed by atoms with Crippen LogP contribution in [0.2, 0.25) is 0 Å². The van der Waals surface area contributed by atoms with Gasteiger partial charge >= 0.3 is 0 Å². The summed E-state index contributed by atoms with van der Waals surface area (Å²) in [7, 11) is 3.38. The topological polar surface area (TPSA) is 21.7 Å². The van der Waals surface area contributed by atoms with Crippen molar-refractivity contribution < 1.29 is 9.47 Å². The quantitative estimate of drug-likeness (QED) is 0.272. The van der Waals surface area contributed by atoms with Crippen molar-refractivity contribution in [2.24, 2.45) is 0 Å². The summed E-state index contributed by atoms with van der Waals surface area (Å²) < 4.78 is 10.8. The summed E-state index contributed by atoms with van der Waals surface area (Å²) in [6, 6.07) is 24.0. The third kappa shape index (κ3) is 5.21. The smallest absolute Gasteiger partial charge is 0.160 e. The van der Waals surface area contributed by atoms with E-state index >= 15 is 0 Å². The van der Waals surface area contributed by atoms with Crippen molar-refractivity contribution in [1.29, 1.82) is 0 Å². The molecule has 0 saturated carbocycles. The Morgan fingerprint density at radius 3 is 1.97 bits per heavy atom. The molecule has 0 N–H and O–H groups in total. The van der Waals surface area contributed by atoms with Crippen molar-refractivity contribution in [2.75, 3.05) is 33.9 Å². The zero-order valence-electron chi connectivity index (χ0n) is 20.9. The predicted molar refractivity (Wildman–Crippen MR) is 146 cm³/mol. The van der Waals surface area contributed by atoms with Crippen LogP contribution in [0.15, 0.2) is 72.3 Å². The van der Waals surface area contributed by atoms with Crippen molar-refractivity contribution in [1.82, 2.24) is 4.90 Å². The van der Waals surface area contributed by atoms with Gasteiger partial charge in [0.15, 0.2) is 11.5 Å². The third-order valence-electron chi connectivity index (χ3n) is 7.35. The van der Waals surface area contributed by atoms with E-state index in [9.17, 15) is 0 Å². The highest BCUT2D eigenvalue weighted by Gasteiger charge is 2.22. The number of piperidine rings is 1. The Balaban J connectivity index is 1.22. The van der Waals surface area contributed by atoms with Crippen molar-refractivity contribution in [3.8, 4) is 11.5 Å². The second kappa shape index (κ2) is 11.0. The van der Waals surface area contributed by atoms with E-state index in [1.807, 2.05) is 6.07 Å². The number of methoxy groups -OCH3 is 2. The molecule has 1 fully saturated rings. The third-order valence-corrected chi connectivity index (χ3v) is 7.35. The summed E-state index contributed by atoms with van der Waals surface area (Å²) in [5, 5.41) is 0. The van der Waals surface area contributed by atoms with E-state index < -0.39 is 0 Å². The van der Waals surface area contributed by atoms with Crippen LogP contribution in [0.5, 0.6) is 11.5 Å². The molecule has 0 aromatic heterocycles. The number of hydrogen-bond acceptors (Lipinski definition) is 3. The molecule has 3 heteroatoms. The van der Waals surface area contributed by atoms with Crippen LogP contribution in [-0.4, -0.2) is 38.8 Å². The standard InChI is InChI=1S/C32H35NO2/c1-34-30-17-14-24(23-31(30)35-2)9-7-8-20-33-21-18-27(19-22-33)32-28-12-5-3-10-25(28)15-16-26-11-4-6-13-29(26)32/h3-6,10-17,23H,7-9,18-22H2,1-2H3. The van der Waals surface area contributed by atoms with E-state index in [4.69, 9.17) is 9.47 Å². The SMILES string of the molecule is COc1ccc(CCCCN2CCC(=C3c4ccccc4C=Cc4ccccc43)CC2)cc1OC. The Labute approximate surface area is 209 Å². The molecule has 35 heavy (non-hydrogen) atoms. The van der Waals surface area contributed by atoms with E-state index in [0.717, 1.165) is 43.9 Å². The number of nitrogens with zero attached hydrogens (tertiary/aromatic N) is 1. The zero-order valence-corrected chi connectivity index (χ0v) is 20.9. The molecule has 5 rings (SSSR count). The van der Waals surface area contributed by atoms with Gasteiger partial charge in [-0.1, -0.05) is 72.3 Å². The number of rotatable bonds is 7. The number of likely N-dealkylation sites (tertiary alicyclic amines) is 1. The summed E-state index contributed by atoms with van der Waals surface area (Å²) in [6.45, 7) is 3.46. The van der Waals surface area contributed by atoms with Gasteiger partial charge in [0.1, 0.15) is 0 Å². The molecule has 180 valence electrons. The molecule has 3 aromatic rings. The maximum Gasteiger partial charge on any atom is 0.160 e. The number of unbranched alkanes of at least 4 members (excludes halogenated alkanes) is 1. The lowest BCUT2D eigenvalue weighted by molar-refractivity contribution is 0.252. The predicted octanol–water partition coefficient (Wildman–Crippen LogP) is 7.11. The van der Waals surface area contributed by atoms with Crippen LogP contribution in [-0.2, 0) is 6.42 Å². The van der Waals surface area contributed by atoms with Crippen molar-refractivity contribution >= 4 is 17.7 Å². The van der Waals surface area contributed by atoms with Crippen LogP contribution in [0.1, 0.15) is 53.5 Å². The van der Waals surface area contributed by atoms with Crippen LogP contribution in [0.3, 0.4) is 0 Å². The maximum absolute atomic E-state index is 5.45. The first-order valence-corrected chi connectivity index (χ1v) is 12.8. The normalized spacial score (nSPS) is 15.4. The molecule has 1 aliphatic heterocycles. The fraction of sp³-hybridized carbons (Fsp3) is 0.312. The van der Waals surface area contributed by atoms with Gasteiger partial charge in [-0.05, 0) is 84.2 Å². The van der Waals surface area contributed by atoms with Gasteiger partial charge in [-0.25, -0.2) is 0 Å². The highest BCUT2D eigenvalue weighted by Crippen LogP contribution is 2.38. The fourth-order valence-corrected chi connectivity index (χ4v) is 5.44. The summed E-state index contributed by atoms with van der Waals surface area (Å²) >= 11 is 0. The van der Waals surface area contributed by atoms with E-state index in [-0.39, 0.29) is 0 Å². The van der Waals surface area contributed by atoms with Crippen molar-refractivity contribution in [3.63, 3.8) is 0 Å². The molecule has 0 spiro atoms. The minimum absolute atomic E-state index is 0.796. The monoisotopic (exact) mass is 465 g/mol. The fourth-order valence-electron chi connectivity index (χ4n) is 5.44. The summed E-state index contributed by atoms with van der Waals surface area (Å²) in [4.78, 5) is 2.64. The Kier molecular flexibility index (Phi) is 7.34. The van der Waals surface area contributed by atoms with E-state index in [2.05, 4.69) is 77.7 Å². The van der Waals surface area contributed by atoms with Crippen LogP contribution >= 0.6 is 0 Å². The van der Waals surface area contributed by atoms with Gasteiger partial charge in [0.25, 0.3) is 0 Å². The second-order valence-corrected chi connectivity index (χ2v) is 9.47. The van der Waals surface area contributed by atoms with Gasteiger partial charge in [0, 0.05) is 13.1 Å². The average Bonchev–Trinajstić information content (AvgIpc) is 3.08. The van der Waals surface area contributed by atoms with Crippen molar-refractivity contribution in [2.45, 2.75) is 32.1 Å². The number of fused-ring (bicyclic) bond motifs is 2. The second-order valence-electron chi connectivity index (χ2n) is 9.47. The first-order valence-electron chi connectivity index (χ1n) is 12.8. The van der Waals surface area contributed by atoms with Gasteiger partial charge in [0.2, 0.25) is 0 Å². The molecule has 0 atom stereocenters. The lowest BCUT2D eigenvalue weighted by atomic mass is 9.86. The van der Waals surface area contributed by atoms with Crippen molar-refractivity contribution in [3.05, 3.63) is 100 Å². The minimum Gasteiger partial charge on any atom is -0.493 e. The number of benzene rings is 3. The first-order chi connectivity index (χ1) is 17.3. The molecular weight excluding hydrogens is 430 g/mol. The van der Waals surface area contributed by atoms with Gasteiger partial charge < -0.3 is 14.4 Å². The van der Waals surface area contributed by atoms with Gasteiger partial charge in [-0.2, -0.15) is 0 Å². The summed E-state index contributed by atoms with van der Waals surface area (Å²) in [6.07, 6.45) is 10.3. The molecule has 0 amide bonds. The van der Waals surface area contributed by atoms with Crippen LogP contribution in [0, 0.1) is 0 Å². The molecule has 1 heterocycles. The lowest BCUT2D eigenvalue weighted by Gasteiger charge is -2.30. The number of aryl methyl sites for hydroxylation is 1.